The van der Waals surface area contributed by atoms with Crippen LogP contribution in [0.1, 0.15) is 67.8 Å². The molecule has 3 fully saturated rings. The molecule has 39 heavy (non-hydrogen) atoms. The summed E-state index contributed by atoms with van der Waals surface area (Å²) < 4.78 is 55.6. The van der Waals surface area contributed by atoms with Crippen LogP contribution in [0.4, 0.5) is 25.8 Å². The van der Waals surface area contributed by atoms with Crippen molar-refractivity contribution in [1.82, 2.24) is 4.57 Å². The van der Waals surface area contributed by atoms with Gasteiger partial charge in [-0.1, -0.05) is 0 Å². The fourth-order valence-corrected chi connectivity index (χ4v) is 6.50. The first-order valence-corrected chi connectivity index (χ1v) is 15.1. The Balaban J connectivity index is 1.39. The lowest BCUT2D eigenvalue weighted by molar-refractivity contribution is -0.0442. The van der Waals surface area contributed by atoms with Gasteiger partial charge in [-0.05, 0) is 74.3 Å². The number of aliphatic hydroxyl groups is 1. The van der Waals surface area contributed by atoms with Crippen molar-refractivity contribution in [2.24, 2.45) is 5.41 Å². The van der Waals surface area contributed by atoms with Gasteiger partial charge in [0.1, 0.15) is 5.56 Å². The Morgan fingerprint density at radius 3 is 2.38 bits per heavy atom. The number of carbonyl (C=O) groups excluding carboxylic acids is 1. The molecule has 2 heterocycles. The van der Waals surface area contributed by atoms with Gasteiger partial charge in [0.15, 0.2) is 0 Å². The highest BCUT2D eigenvalue weighted by Crippen LogP contribution is 2.54. The van der Waals surface area contributed by atoms with Crippen LogP contribution in [-0.4, -0.2) is 55.4 Å². The predicted octanol–water partition coefficient (Wildman–Crippen LogP) is 3.97. The maximum atomic E-state index is 13.6. The molecule has 1 saturated heterocycles. The molecule has 0 radical (unpaired) electrons. The molecule has 1 aliphatic heterocycles. The van der Waals surface area contributed by atoms with E-state index in [0.717, 1.165) is 25.9 Å². The highest BCUT2D eigenvalue weighted by Gasteiger charge is 2.44. The average Bonchev–Trinajstić information content (AvgIpc) is 3.64. The highest BCUT2D eigenvalue weighted by atomic mass is 32.2. The summed E-state index contributed by atoms with van der Waals surface area (Å²) in [5.74, 6) is -3.79. The number of hydrogen-bond acceptors (Lipinski definition) is 6. The number of anilines is 3. The number of piperidine rings is 1. The number of sulfonamides is 1. The van der Waals surface area contributed by atoms with Crippen molar-refractivity contribution >= 4 is 33.0 Å². The normalized spacial score (nSPS) is 20.5. The number of aromatic nitrogens is 1. The van der Waals surface area contributed by atoms with E-state index in [4.69, 9.17) is 5.11 Å². The first-order chi connectivity index (χ1) is 18.5. The summed E-state index contributed by atoms with van der Waals surface area (Å²) in [5, 5.41) is 11.9. The molecule has 9 nitrogen and oxygen atoms in total. The van der Waals surface area contributed by atoms with Gasteiger partial charge in [0.05, 0.1) is 29.4 Å². The molecule has 3 aliphatic rings. The third kappa shape index (κ3) is 6.27. The summed E-state index contributed by atoms with van der Waals surface area (Å²) in [6.07, 6.45) is 5.70. The molecule has 1 aromatic heterocycles. The second-order valence-electron chi connectivity index (χ2n) is 11.0. The predicted molar refractivity (Wildman–Crippen MR) is 145 cm³/mol. The number of hydrogen-bond donors (Lipinski definition) is 3. The number of alkyl halides is 2. The minimum absolute atomic E-state index is 0.0934. The third-order valence-corrected chi connectivity index (χ3v) is 9.57. The highest BCUT2D eigenvalue weighted by molar-refractivity contribution is 7.92. The number of pyridine rings is 1. The summed E-state index contributed by atoms with van der Waals surface area (Å²) in [4.78, 5) is 28.6. The maximum Gasteiger partial charge on any atom is 0.263 e. The number of amides is 1. The lowest BCUT2D eigenvalue weighted by Gasteiger charge is -2.35. The summed E-state index contributed by atoms with van der Waals surface area (Å²) >= 11 is 0. The van der Waals surface area contributed by atoms with Crippen LogP contribution in [0, 0.1) is 5.41 Å². The van der Waals surface area contributed by atoms with Crippen LogP contribution < -0.4 is 20.5 Å². The summed E-state index contributed by atoms with van der Waals surface area (Å²) in [6.45, 7) is 0.989. The van der Waals surface area contributed by atoms with Crippen molar-refractivity contribution in [2.75, 3.05) is 40.4 Å². The fourth-order valence-electron chi connectivity index (χ4n) is 5.68. The third-order valence-electron chi connectivity index (χ3n) is 8.30. The molecule has 1 spiro atoms. The van der Waals surface area contributed by atoms with E-state index < -0.39 is 45.8 Å². The van der Waals surface area contributed by atoms with Crippen molar-refractivity contribution in [3.8, 4) is 0 Å². The van der Waals surface area contributed by atoms with Crippen molar-refractivity contribution in [2.45, 2.75) is 63.3 Å². The molecular formula is C27H34F2N4O5S. The van der Waals surface area contributed by atoms with E-state index in [1.807, 2.05) is 0 Å². The Hall–Kier alpha value is -2.99. The fraction of sp³-hybridized carbons (Fsp3) is 0.556. The SMILES string of the molecule is O=C(Nc1ccc(NS(=O)(=O)CCO)cc1N1CCC2(CC1)CC2)c1cccn(C2CCC(F)(F)CC2)c1=O. The minimum atomic E-state index is -3.75. The topological polar surface area (TPSA) is 121 Å². The Morgan fingerprint density at radius 1 is 1.05 bits per heavy atom. The van der Waals surface area contributed by atoms with E-state index in [0.29, 0.717) is 22.5 Å². The molecule has 1 aromatic carbocycles. The molecule has 2 aromatic rings. The number of rotatable bonds is 8. The summed E-state index contributed by atoms with van der Waals surface area (Å²) in [6, 6.07) is 7.36. The summed E-state index contributed by atoms with van der Waals surface area (Å²) in [5.41, 5.74) is 1.15. The van der Waals surface area contributed by atoms with E-state index in [-0.39, 0.29) is 31.2 Å². The smallest absolute Gasteiger partial charge is 0.263 e. The van der Waals surface area contributed by atoms with Gasteiger partial charge in [0, 0.05) is 38.2 Å². The van der Waals surface area contributed by atoms with E-state index in [1.54, 1.807) is 18.2 Å². The van der Waals surface area contributed by atoms with Crippen LogP contribution >= 0.6 is 0 Å². The van der Waals surface area contributed by atoms with Crippen molar-refractivity contribution in [3.63, 3.8) is 0 Å². The van der Waals surface area contributed by atoms with Crippen molar-refractivity contribution in [1.29, 1.82) is 0 Å². The maximum absolute atomic E-state index is 13.6. The number of benzene rings is 1. The molecule has 0 unspecified atom stereocenters. The molecule has 5 rings (SSSR count). The molecule has 0 atom stereocenters. The molecule has 3 N–H and O–H groups in total. The Kier molecular flexibility index (Phi) is 7.45. The second kappa shape index (κ2) is 10.5. The van der Waals surface area contributed by atoms with Crippen LogP contribution in [0.2, 0.25) is 0 Å². The van der Waals surface area contributed by atoms with Gasteiger partial charge >= 0.3 is 0 Å². The quantitative estimate of drug-likeness (QED) is 0.446. The molecular weight excluding hydrogens is 530 g/mol. The zero-order chi connectivity index (χ0) is 27.8. The Bertz CT molecular complexity index is 1390. The summed E-state index contributed by atoms with van der Waals surface area (Å²) in [7, 11) is -3.75. The Labute approximate surface area is 226 Å². The van der Waals surface area contributed by atoms with Gasteiger partial charge in [0.2, 0.25) is 15.9 Å². The van der Waals surface area contributed by atoms with Crippen LogP contribution in [0.3, 0.4) is 0 Å². The first-order valence-electron chi connectivity index (χ1n) is 13.4. The molecule has 2 saturated carbocycles. The monoisotopic (exact) mass is 564 g/mol. The standard InChI is InChI=1S/C27H34F2N4O5S/c28-27(29)7-5-20(6-8-27)33-13-1-2-21(25(33)36)24(35)30-22-4-3-19(31-39(37,38)17-16-34)18-23(22)32-14-11-26(9-10-26)12-15-32/h1-4,13,18,20,31,34H,5-12,14-17H2,(H,30,35). The molecule has 12 heteroatoms. The average molecular weight is 565 g/mol. The van der Waals surface area contributed by atoms with Gasteiger partial charge in [-0.15, -0.1) is 0 Å². The van der Waals surface area contributed by atoms with E-state index >= 15 is 0 Å². The van der Waals surface area contributed by atoms with Gasteiger partial charge < -0.3 is 19.9 Å². The minimum Gasteiger partial charge on any atom is -0.395 e. The van der Waals surface area contributed by atoms with Crippen LogP contribution in [0.15, 0.2) is 41.3 Å². The number of halogens is 2. The van der Waals surface area contributed by atoms with E-state index in [2.05, 4.69) is 14.9 Å². The Morgan fingerprint density at radius 2 is 1.74 bits per heavy atom. The van der Waals surface area contributed by atoms with Gasteiger partial charge in [-0.2, -0.15) is 0 Å². The molecule has 0 bridgehead atoms. The van der Waals surface area contributed by atoms with Gasteiger partial charge in [-0.3, -0.25) is 14.3 Å². The van der Waals surface area contributed by atoms with Crippen LogP contribution in [0.5, 0.6) is 0 Å². The number of nitrogens with zero attached hydrogens (tertiary/aromatic N) is 2. The first kappa shape index (κ1) is 27.6. The van der Waals surface area contributed by atoms with E-state index in [1.165, 1.54) is 35.7 Å². The van der Waals surface area contributed by atoms with Gasteiger partial charge in [0.25, 0.3) is 11.5 Å². The second-order valence-corrected chi connectivity index (χ2v) is 12.9. The lowest BCUT2D eigenvalue weighted by atomic mass is 9.92. The number of nitrogens with one attached hydrogen (secondary N) is 2. The molecule has 2 aliphatic carbocycles. The van der Waals surface area contributed by atoms with E-state index in [9.17, 15) is 26.8 Å². The lowest BCUT2D eigenvalue weighted by Crippen LogP contribution is -2.36. The van der Waals surface area contributed by atoms with Crippen LogP contribution in [-0.2, 0) is 10.0 Å². The van der Waals surface area contributed by atoms with Crippen LogP contribution in [0.25, 0.3) is 0 Å². The molecule has 1 amide bonds. The zero-order valence-corrected chi connectivity index (χ0v) is 22.5. The zero-order valence-electron chi connectivity index (χ0n) is 21.7. The number of carbonyl (C=O) groups is 1. The number of aliphatic hydroxyl groups excluding tert-OH is 1. The van der Waals surface area contributed by atoms with Crippen molar-refractivity contribution < 1.29 is 27.1 Å². The van der Waals surface area contributed by atoms with Gasteiger partial charge in [-0.25, -0.2) is 17.2 Å². The molecule has 212 valence electrons. The van der Waals surface area contributed by atoms with Crippen molar-refractivity contribution in [3.05, 3.63) is 52.4 Å². The largest absolute Gasteiger partial charge is 0.395 e.